The Morgan fingerprint density at radius 3 is 2.59 bits per heavy atom. The van der Waals surface area contributed by atoms with Crippen LogP contribution >= 0.6 is 24.8 Å². The van der Waals surface area contributed by atoms with Gasteiger partial charge in [0.1, 0.15) is 0 Å². The molecule has 2 aromatic carbocycles. The predicted octanol–water partition coefficient (Wildman–Crippen LogP) is 4.04. The summed E-state index contributed by atoms with van der Waals surface area (Å²) in [6.45, 7) is 1.56. The average molecular weight is 404 g/mol. The van der Waals surface area contributed by atoms with E-state index < -0.39 is 0 Å². The van der Waals surface area contributed by atoms with Gasteiger partial charge in [-0.25, -0.2) is 0 Å². The van der Waals surface area contributed by atoms with Crippen molar-refractivity contribution < 1.29 is 4.79 Å². The smallest absolute Gasteiger partial charge is 0.231 e. The number of nitrogens with one attached hydrogen (secondary N) is 1. The number of carbonyl (C=O) groups excluding carboxylic acids is 1. The third-order valence-corrected chi connectivity index (χ3v) is 5.11. The molecule has 2 atom stereocenters. The highest BCUT2D eigenvalue weighted by Gasteiger charge is 2.36. The Labute approximate surface area is 171 Å². The van der Waals surface area contributed by atoms with Gasteiger partial charge in [-0.1, -0.05) is 42.5 Å². The highest BCUT2D eigenvalue weighted by atomic mass is 35.5. The van der Waals surface area contributed by atoms with Crippen LogP contribution in [-0.2, 0) is 4.79 Å². The lowest BCUT2D eigenvalue weighted by atomic mass is 9.88. The van der Waals surface area contributed by atoms with Crippen LogP contribution < -0.4 is 10.2 Å². The number of aromatic nitrogens is 1. The van der Waals surface area contributed by atoms with Gasteiger partial charge < -0.3 is 10.2 Å². The van der Waals surface area contributed by atoms with E-state index in [4.69, 9.17) is 0 Å². The van der Waals surface area contributed by atoms with Gasteiger partial charge in [-0.2, -0.15) is 0 Å². The zero-order valence-corrected chi connectivity index (χ0v) is 16.7. The lowest BCUT2D eigenvalue weighted by molar-refractivity contribution is -0.121. The number of pyridine rings is 1. The van der Waals surface area contributed by atoms with Gasteiger partial charge in [-0.15, -0.1) is 24.8 Å². The molecular formula is C21H23Cl2N3O. The molecule has 3 aromatic rings. The Hall–Kier alpha value is -2.14. The van der Waals surface area contributed by atoms with Crippen LogP contribution in [0.25, 0.3) is 10.8 Å². The number of fused-ring (bicyclic) bond motifs is 1. The fourth-order valence-corrected chi connectivity index (χ4v) is 3.75. The van der Waals surface area contributed by atoms with Gasteiger partial charge in [0.2, 0.25) is 5.91 Å². The number of hydrogen-bond donors (Lipinski definition) is 1. The third-order valence-electron chi connectivity index (χ3n) is 5.11. The number of anilines is 1. The minimum Gasteiger partial charge on any atom is -0.315 e. The molecule has 0 saturated carbocycles. The number of hydrogen-bond acceptors (Lipinski definition) is 3. The molecular weight excluding hydrogens is 381 g/mol. The van der Waals surface area contributed by atoms with E-state index >= 15 is 0 Å². The monoisotopic (exact) mass is 403 g/mol. The van der Waals surface area contributed by atoms with E-state index in [9.17, 15) is 4.79 Å². The van der Waals surface area contributed by atoms with Crippen LogP contribution in [0.3, 0.4) is 0 Å². The summed E-state index contributed by atoms with van der Waals surface area (Å²) in [6, 6.07) is 18.3. The van der Waals surface area contributed by atoms with Crippen molar-refractivity contribution in [2.45, 2.75) is 5.92 Å². The van der Waals surface area contributed by atoms with Crippen LogP contribution in [0.2, 0.25) is 0 Å². The number of halogens is 2. The van der Waals surface area contributed by atoms with Crippen LogP contribution in [0.1, 0.15) is 11.5 Å². The highest BCUT2D eigenvalue weighted by Crippen LogP contribution is 2.32. The molecule has 1 N–H and O–H groups in total. The lowest BCUT2D eigenvalue weighted by Crippen LogP contribution is -2.36. The molecule has 1 aliphatic rings. The molecule has 142 valence electrons. The summed E-state index contributed by atoms with van der Waals surface area (Å²) < 4.78 is 0. The number of carbonyl (C=O) groups is 1. The van der Waals surface area contributed by atoms with Crippen LogP contribution in [-0.4, -0.2) is 31.0 Å². The van der Waals surface area contributed by atoms with Gasteiger partial charge in [-0.05, 0) is 17.7 Å². The second-order valence-corrected chi connectivity index (χ2v) is 6.55. The second-order valence-electron chi connectivity index (χ2n) is 6.55. The molecule has 2 heterocycles. The SMILES string of the molecule is CN(C(=O)C1CNCC1c1ccccc1)c1cccc2cnccc12.Cl.Cl. The Morgan fingerprint density at radius 1 is 1.04 bits per heavy atom. The largest absolute Gasteiger partial charge is 0.315 e. The van der Waals surface area contributed by atoms with Crippen molar-refractivity contribution in [2.75, 3.05) is 25.0 Å². The van der Waals surface area contributed by atoms with Gasteiger partial charge >= 0.3 is 0 Å². The summed E-state index contributed by atoms with van der Waals surface area (Å²) in [5.41, 5.74) is 2.16. The first-order chi connectivity index (χ1) is 12.3. The Bertz CT molecular complexity index is 899. The van der Waals surface area contributed by atoms with E-state index in [0.29, 0.717) is 0 Å². The van der Waals surface area contributed by atoms with Gasteiger partial charge in [0, 0.05) is 49.2 Å². The molecule has 1 saturated heterocycles. The molecule has 27 heavy (non-hydrogen) atoms. The van der Waals surface area contributed by atoms with Gasteiger partial charge in [0.15, 0.2) is 0 Å². The van der Waals surface area contributed by atoms with E-state index in [1.54, 1.807) is 11.1 Å². The molecule has 0 bridgehead atoms. The van der Waals surface area contributed by atoms with Crippen LogP contribution in [0, 0.1) is 5.92 Å². The summed E-state index contributed by atoms with van der Waals surface area (Å²) in [4.78, 5) is 19.2. The Balaban J connectivity index is 0.00000131. The van der Waals surface area contributed by atoms with Crippen molar-refractivity contribution >= 4 is 47.2 Å². The summed E-state index contributed by atoms with van der Waals surface area (Å²) in [5.74, 6) is 0.320. The first-order valence-electron chi connectivity index (χ1n) is 8.61. The van der Waals surface area contributed by atoms with Crippen molar-refractivity contribution in [1.29, 1.82) is 0 Å². The van der Waals surface area contributed by atoms with Gasteiger partial charge in [0.05, 0.1) is 11.6 Å². The molecule has 4 rings (SSSR count). The van der Waals surface area contributed by atoms with Crippen molar-refractivity contribution in [3.8, 4) is 0 Å². The Morgan fingerprint density at radius 2 is 1.81 bits per heavy atom. The number of benzene rings is 2. The van der Waals surface area contributed by atoms with Crippen molar-refractivity contribution in [2.24, 2.45) is 5.92 Å². The minimum atomic E-state index is -0.0514. The van der Waals surface area contributed by atoms with Crippen molar-refractivity contribution in [3.63, 3.8) is 0 Å². The van der Waals surface area contributed by atoms with E-state index in [1.807, 2.05) is 55.7 Å². The van der Waals surface area contributed by atoms with Gasteiger partial charge in [-0.3, -0.25) is 9.78 Å². The first kappa shape index (κ1) is 21.2. The standard InChI is InChI=1S/C21H21N3O.2ClH/c1-24(20-9-5-8-16-12-22-11-10-17(16)20)21(25)19-14-23-13-18(19)15-6-3-2-4-7-15;;/h2-12,18-19,23H,13-14H2,1H3;2*1H. The second kappa shape index (κ2) is 9.18. The summed E-state index contributed by atoms with van der Waals surface area (Å²) in [6.07, 6.45) is 3.61. The maximum Gasteiger partial charge on any atom is 0.231 e. The molecule has 0 aliphatic carbocycles. The maximum absolute atomic E-state index is 13.2. The molecule has 2 unspecified atom stereocenters. The maximum atomic E-state index is 13.2. The van der Waals surface area contributed by atoms with Crippen molar-refractivity contribution in [3.05, 3.63) is 72.6 Å². The van der Waals surface area contributed by atoms with E-state index in [0.717, 1.165) is 29.5 Å². The van der Waals surface area contributed by atoms with E-state index in [-0.39, 0.29) is 42.6 Å². The number of rotatable bonds is 3. The topological polar surface area (TPSA) is 45.2 Å². The zero-order chi connectivity index (χ0) is 17.2. The molecule has 1 fully saturated rings. The zero-order valence-electron chi connectivity index (χ0n) is 15.0. The minimum absolute atomic E-state index is 0. The molecule has 1 aliphatic heterocycles. The summed E-state index contributed by atoms with van der Waals surface area (Å²) in [5, 5.41) is 5.48. The lowest BCUT2D eigenvalue weighted by Gasteiger charge is -2.26. The number of nitrogens with zero attached hydrogens (tertiary/aromatic N) is 2. The van der Waals surface area contributed by atoms with E-state index in [1.165, 1.54) is 5.56 Å². The number of amides is 1. The summed E-state index contributed by atoms with van der Waals surface area (Å²) >= 11 is 0. The fraction of sp³-hybridized carbons (Fsp3) is 0.238. The van der Waals surface area contributed by atoms with Gasteiger partial charge in [0.25, 0.3) is 0 Å². The first-order valence-corrected chi connectivity index (χ1v) is 8.61. The van der Waals surface area contributed by atoms with E-state index in [2.05, 4.69) is 22.4 Å². The normalized spacial score (nSPS) is 18.4. The third kappa shape index (κ3) is 4.08. The highest BCUT2D eigenvalue weighted by molar-refractivity contribution is 6.04. The summed E-state index contributed by atoms with van der Waals surface area (Å²) in [7, 11) is 1.87. The molecule has 0 spiro atoms. The molecule has 1 amide bonds. The molecule has 4 nitrogen and oxygen atoms in total. The average Bonchev–Trinajstić information content (AvgIpc) is 3.17. The predicted molar refractivity (Wildman–Crippen MR) is 115 cm³/mol. The Kier molecular flexibility index (Phi) is 7.19. The van der Waals surface area contributed by atoms with Crippen LogP contribution in [0.15, 0.2) is 67.0 Å². The molecule has 6 heteroatoms. The van der Waals surface area contributed by atoms with Crippen LogP contribution in [0.4, 0.5) is 5.69 Å². The molecule has 1 aromatic heterocycles. The van der Waals surface area contributed by atoms with Crippen molar-refractivity contribution in [1.82, 2.24) is 10.3 Å². The molecule has 0 radical (unpaired) electrons. The quantitative estimate of drug-likeness (QED) is 0.717. The van der Waals surface area contributed by atoms with Crippen LogP contribution in [0.5, 0.6) is 0 Å². The fourth-order valence-electron chi connectivity index (χ4n) is 3.75.